The average Bonchev–Trinajstić information content (AvgIpc) is 2.63. The van der Waals surface area contributed by atoms with E-state index in [1.165, 1.54) is 0 Å². The van der Waals surface area contributed by atoms with Gasteiger partial charge in [-0.25, -0.2) is 0 Å². The largest absolute Gasteiger partial charge is 0.496 e. The number of nitrogens with one attached hydrogen (secondary N) is 2. The van der Waals surface area contributed by atoms with E-state index in [1.807, 2.05) is 55.5 Å². The third kappa shape index (κ3) is 4.63. The fraction of sp³-hybridized carbons (Fsp3) is 0.333. The first-order chi connectivity index (χ1) is 12.4. The van der Waals surface area contributed by atoms with Crippen molar-refractivity contribution in [2.45, 2.75) is 27.2 Å². The highest BCUT2D eigenvalue weighted by Gasteiger charge is 2.36. The zero-order valence-corrected chi connectivity index (χ0v) is 15.8. The second kappa shape index (κ2) is 8.52. The third-order valence-corrected chi connectivity index (χ3v) is 4.40. The second-order valence-electron chi connectivity index (χ2n) is 6.71. The molecule has 2 aromatic rings. The monoisotopic (exact) mass is 354 g/mol. The summed E-state index contributed by atoms with van der Waals surface area (Å²) in [4.78, 5) is 25.1. The molecule has 5 nitrogen and oxygen atoms in total. The Labute approximate surface area is 154 Å². The van der Waals surface area contributed by atoms with Gasteiger partial charge in [0.25, 0.3) is 0 Å². The molecular weight excluding hydrogens is 328 g/mol. The molecule has 2 N–H and O–H groups in total. The zero-order valence-electron chi connectivity index (χ0n) is 15.8. The third-order valence-electron chi connectivity index (χ3n) is 4.40. The van der Waals surface area contributed by atoms with E-state index in [0.717, 1.165) is 16.9 Å². The summed E-state index contributed by atoms with van der Waals surface area (Å²) in [6.45, 7) is 5.59. The lowest BCUT2D eigenvalue weighted by atomic mass is 9.90. The van der Waals surface area contributed by atoms with Crippen LogP contribution in [0.4, 0.5) is 5.69 Å². The molecule has 0 saturated carbocycles. The Bertz CT molecular complexity index is 784. The number of carbonyl (C=O) groups excluding carboxylic acids is 2. The molecule has 0 bridgehead atoms. The van der Waals surface area contributed by atoms with Crippen molar-refractivity contribution in [1.82, 2.24) is 5.32 Å². The van der Waals surface area contributed by atoms with Crippen LogP contribution >= 0.6 is 0 Å². The molecule has 0 aromatic heterocycles. The Balaban J connectivity index is 1.94. The molecule has 2 amide bonds. The minimum Gasteiger partial charge on any atom is -0.496 e. The van der Waals surface area contributed by atoms with Crippen molar-refractivity contribution in [3.8, 4) is 5.75 Å². The van der Waals surface area contributed by atoms with Crippen molar-refractivity contribution in [2.24, 2.45) is 5.41 Å². The van der Waals surface area contributed by atoms with Crippen molar-refractivity contribution in [3.05, 3.63) is 59.7 Å². The molecule has 138 valence electrons. The summed E-state index contributed by atoms with van der Waals surface area (Å²) in [6, 6.07) is 15.2. The molecular formula is C21H26N2O3. The zero-order chi connectivity index (χ0) is 19.2. The fourth-order valence-corrected chi connectivity index (χ4v) is 2.54. The van der Waals surface area contributed by atoms with E-state index in [9.17, 15) is 9.59 Å². The minimum absolute atomic E-state index is 0.307. The number of amides is 2. The number of ether oxygens (including phenoxy) is 1. The van der Waals surface area contributed by atoms with Crippen LogP contribution in [0.25, 0.3) is 0 Å². The van der Waals surface area contributed by atoms with Gasteiger partial charge in [0.1, 0.15) is 11.2 Å². The van der Waals surface area contributed by atoms with E-state index in [-0.39, 0.29) is 11.8 Å². The molecule has 0 aliphatic heterocycles. The van der Waals surface area contributed by atoms with Gasteiger partial charge in [-0.1, -0.05) is 36.4 Å². The van der Waals surface area contributed by atoms with Gasteiger partial charge >= 0.3 is 0 Å². The van der Waals surface area contributed by atoms with Crippen molar-refractivity contribution in [2.75, 3.05) is 19.0 Å². The van der Waals surface area contributed by atoms with Gasteiger partial charge in [-0.05, 0) is 50.5 Å². The standard InChI is InChI=1S/C21H26N2O3/c1-15-9-5-7-11-17(15)23-20(25)21(2,3)19(24)22-14-13-16-10-6-8-12-18(16)26-4/h5-12H,13-14H2,1-4H3,(H,22,24)(H,23,25). The van der Waals surface area contributed by atoms with Gasteiger partial charge in [-0.2, -0.15) is 0 Å². The Morgan fingerprint density at radius 2 is 1.65 bits per heavy atom. The second-order valence-corrected chi connectivity index (χ2v) is 6.71. The lowest BCUT2D eigenvalue weighted by Gasteiger charge is -2.23. The first-order valence-electron chi connectivity index (χ1n) is 8.63. The van der Waals surface area contributed by atoms with Gasteiger partial charge in [0, 0.05) is 12.2 Å². The number of anilines is 1. The van der Waals surface area contributed by atoms with Crippen molar-refractivity contribution >= 4 is 17.5 Å². The molecule has 5 heteroatoms. The Hall–Kier alpha value is -2.82. The maximum atomic E-state index is 12.6. The van der Waals surface area contributed by atoms with E-state index in [4.69, 9.17) is 4.74 Å². The first kappa shape index (κ1) is 19.5. The minimum atomic E-state index is -1.18. The Kier molecular flexibility index (Phi) is 6.39. The van der Waals surface area contributed by atoms with Crippen molar-refractivity contribution < 1.29 is 14.3 Å². The molecule has 26 heavy (non-hydrogen) atoms. The number of carbonyl (C=O) groups is 2. The number of para-hydroxylation sites is 2. The number of hydrogen-bond acceptors (Lipinski definition) is 3. The van der Waals surface area contributed by atoms with Crippen LogP contribution in [0.5, 0.6) is 5.75 Å². The van der Waals surface area contributed by atoms with Crippen LogP contribution in [0.1, 0.15) is 25.0 Å². The number of benzene rings is 2. The molecule has 0 atom stereocenters. The maximum absolute atomic E-state index is 12.6. The smallest absolute Gasteiger partial charge is 0.239 e. The van der Waals surface area contributed by atoms with Gasteiger partial charge in [0.2, 0.25) is 11.8 Å². The highest BCUT2D eigenvalue weighted by Crippen LogP contribution is 2.21. The van der Waals surface area contributed by atoms with Gasteiger partial charge in [-0.3, -0.25) is 9.59 Å². The number of aryl methyl sites for hydroxylation is 1. The molecule has 0 heterocycles. The molecule has 2 rings (SSSR count). The van der Waals surface area contributed by atoms with E-state index in [2.05, 4.69) is 10.6 Å². The Morgan fingerprint density at radius 1 is 1.00 bits per heavy atom. The maximum Gasteiger partial charge on any atom is 0.239 e. The van der Waals surface area contributed by atoms with Crippen LogP contribution in [-0.4, -0.2) is 25.5 Å². The van der Waals surface area contributed by atoms with Gasteiger partial charge < -0.3 is 15.4 Å². The number of rotatable bonds is 7. The topological polar surface area (TPSA) is 67.4 Å². The number of methoxy groups -OCH3 is 1. The predicted octanol–water partition coefficient (Wildman–Crippen LogP) is 3.33. The molecule has 0 unspecified atom stereocenters. The lowest BCUT2D eigenvalue weighted by Crippen LogP contribution is -2.45. The van der Waals surface area contributed by atoms with Gasteiger partial charge in [0.15, 0.2) is 0 Å². The summed E-state index contributed by atoms with van der Waals surface area (Å²) in [7, 11) is 1.62. The SMILES string of the molecule is COc1ccccc1CCNC(=O)C(C)(C)C(=O)Nc1ccccc1C. The summed E-state index contributed by atoms with van der Waals surface area (Å²) >= 11 is 0. The van der Waals surface area contributed by atoms with E-state index in [0.29, 0.717) is 18.7 Å². The summed E-state index contributed by atoms with van der Waals surface area (Å²) in [5.74, 6) is 0.151. The summed E-state index contributed by atoms with van der Waals surface area (Å²) in [5.41, 5.74) is 1.50. The average molecular weight is 354 g/mol. The number of hydrogen-bond donors (Lipinski definition) is 2. The fourth-order valence-electron chi connectivity index (χ4n) is 2.54. The molecule has 0 saturated heterocycles. The first-order valence-corrected chi connectivity index (χ1v) is 8.63. The lowest BCUT2D eigenvalue weighted by molar-refractivity contribution is -0.138. The van der Waals surface area contributed by atoms with Crippen molar-refractivity contribution in [3.63, 3.8) is 0 Å². The van der Waals surface area contributed by atoms with E-state index < -0.39 is 5.41 Å². The molecule has 0 aliphatic rings. The highest BCUT2D eigenvalue weighted by molar-refractivity contribution is 6.10. The quantitative estimate of drug-likeness (QED) is 0.750. The van der Waals surface area contributed by atoms with Crippen LogP contribution in [0, 0.1) is 12.3 Å². The van der Waals surface area contributed by atoms with Crippen LogP contribution in [0.2, 0.25) is 0 Å². The predicted molar refractivity (Wildman–Crippen MR) is 103 cm³/mol. The van der Waals surface area contributed by atoms with Gasteiger partial charge in [-0.15, -0.1) is 0 Å². The molecule has 0 fully saturated rings. The summed E-state index contributed by atoms with van der Waals surface area (Å²) < 4.78 is 5.31. The van der Waals surface area contributed by atoms with Crippen LogP contribution in [0.15, 0.2) is 48.5 Å². The molecule has 0 spiro atoms. The summed E-state index contributed by atoms with van der Waals surface area (Å²) in [6.07, 6.45) is 0.630. The Morgan fingerprint density at radius 3 is 2.35 bits per heavy atom. The normalized spacial score (nSPS) is 10.9. The molecule has 2 aromatic carbocycles. The van der Waals surface area contributed by atoms with E-state index in [1.54, 1.807) is 21.0 Å². The van der Waals surface area contributed by atoms with Crippen LogP contribution in [0.3, 0.4) is 0 Å². The van der Waals surface area contributed by atoms with E-state index >= 15 is 0 Å². The van der Waals surface area contributed by atoms with Crippen molar-refractivity contribution in [1.29, 1.82) is 0 Å². The summed E-state index contributed by atoms with van der Waals surface area (Å²) in [5, 5.41) is 5.69. The van der Waals surface area contributed by atoms with Crippen LogP contribution < -0.4 is 15.4 Å². The van der Waals surface area contributed by atoms with Gasteiger partial charge in [0.05, 0.1) is 7.11 Å². The molecule has 0 aliphatic carbocycles. The van der Waals surface area contributed by atoms with Crippen LogP contribution in [-0.2, 0) is 16.0 Å². The highest BCUT2D eigenvalue weighted by atomic mass is 16.5. The molecule has 0 radical (unpaired) electrons.